The molecule has 0 aromatic heterocycles. The molecule has 4 fully saturated rings. The van der Waals surface area contributed by atoms with Crippen molar-refractivity contribution in [1.82, 2.24) is 29.4 Å². The molecule has 4 aromatic rings. The third-order valence-corrected chi connectivity index (χ3v) is 16.6. The van der Waals surface area contributed by atoms with Crippen molar-refractivity contribution in [2.24, 2.45) is 0 Å². The molecule has 4 aromatic carbocycles. The number of hydrogen-bond acceptors (Lipinski definition) is 8. The predicted molar refractivity (Wildman–Crippen MR) is 300 cm³/mol. The Hall–Kier alpha value is -5.40. The highest BCUT2D eigenvalue weighted by atomic mass is 35.5. The number of ether oxygens (including phenoxy) is 4. The Bertz CT molecular complexity index is 2550. The largest absolute Gasteiger partial charge is 0.497 e. The number of aryl methyl sites for hydroxylation is 4. The molecule has 10 rings (SSSR count). The minimum atomic E-state index is -0.252. The van der Waals surface area contributed by atoms with Gasteiger partial charge >= 0.3 is 12.1 Å². The number of benzene rings is 4. The van der Waals surface area contributed by atoms with Gasteiger partial charge in [0.25, 0.3) is 0 Å². The number of piperidine rings is 2. The average molecular weight is 1050 g/mol. The highest BCUT2D eigenvalue weighted by molar-refractivity contribution is 5.86. The Morgan fingerprint density at radius 2 is 0.838 bits per heavy atom. The van der Waals surface area contributed by atoms with Gasteiger partial charge < -0.3 is 28.7 Å². The highest BCUT2D eigenvalue weighted by Gasteiger charge is 2.56. The van der Waals surface area contributed by atoms with Crippen molar-refractivity contribution in [3.63, 3.8) is 0 Å². The Morgan fingerprint density at radius 1 is 0.500 bits per heavy atom. The number of rotatable bonds is 10. The van der Waals surface area contributed by atoms with Crippen LogP contribution in [-0.2, 0) is 26.2 Å². The molecule has 14 heteroatoms. The van der Waals surface area contributed by atoms with Gasteiger partial charge in [-0.2, -0.15) is 0 Å². The lowest BCUT2D eigenvalue weighted by molar-refractivity contribution is 0.0886. The zero-order chi connectivity index (χ0) is 51.2. The van der Waals surface area contributed by atoms with Crippen LogP contribution >= 0.6 is 24.8 Å². The van der Waals surface area contributed by atoms with E-state index in [4.69, 9.17) is 18.9 Å². The van der Waals surface area contributed by atoms with Crippen molar-refractivity contribution in [3.05, 3.63) is 140 Å². The van der Waals surface area contributed by atoms with Crippen molar-refractivity contribution in [2.45, 2.75) is 130 Å². The van der Waals surface area contributed by atoms with Crippen LogP contribution in [0.4, 0.5) is 9.59 Å². The van der Waals surface area contributed by atoms with Crippen LogP contribution in [0.1, 0.15) is 121 Å². The molecule has 6 aliphatic heterocycles. The molecule has 6 heterocycles. The number of fused-ring (bicyclic) bond motifs is 6. The summed E-state index contributed by atoms with van der Waals surface area (Å²) in [5, 5.41) is 0. The zero-order valence-electron chi connectivity index (χ0n) is 45.9. The first-order valence-electron chi connectivity index (χ1n) is 26.3. The van der Waals surface area contributed by atoms with Crippen molar-refractivity contribution >= 4 is 36.9 Å². The van der Waals surface area contributed by atoms with Crippen molar-refractivity contribution < 1.29 is 28.5 Å². The summed E-state index contributed by atoms with van der Waals surface area (Å²) in [4.78, 5) is 41.0. The summed E-state index contributed by atoms with van der Waals surface area (Å²) in [6, 6.07) is 21.9. The summed E-state index contributed by atoms with van der Waals surface area (Å²) in [6.45, 7) is 25.6. The number of allylic oxidation sites excluding steroid dienone is 2. The molecule has 6 aliphatic rings. The number of carbonyl (C=O) groups excluding carboxylic acids is 2. The molecular formula is C60H80Cl2N6O6. The quantitative estimate of drug-likeness (QED) is 0.155. The van der Waals surface area contributed by atoms with E-state index in [0.29, 0.717) is 26.2 Å². The second kappa shape index (κ2) is 22.8. The lowest BCUT2D eigenvalue weighted by Gasteiger charge is -2.44. The van der Waals surface area contributed by atoms with E-state index < -0.39 is 0 Å². The van der Waals surface area contributed by atoms with Crippen molar-refractivity contribution in [1.29, 1.82) is 0 Å². The standard InChI is InChI=1S/2C30H39N3O3.2ClH/c2*1-7-33-29(34)32-19-24-16-25(35-5)17-26(36-6)28(24)22(4)15-27(32)30(33)8-10-31(11-9-30)18-23-13-20(2)12-21(3)14-23;;/h2*12-17,22H,7-11,18-19H2,1-6H3;2*1H/t2*22-;;/m00../s1. The fourth-order valence-corrected chi connectivity index (χ4v) is 13.5. The lowest BCUT2D eigenvalue weighted by Crippen LogP contribution is -2.53. The summed E-state index contributed by atoms with van der Waals surface area (Å²) in [6.07, 6.45) is 8.45. The third-order valence-electron chi connectivity index (χ3n) is 16.6. The number of urea groups is 2. The maximum Gasteiger partial charge on any atom is 0.325 e. The first-order chi connectivity index (χ1) is 34.6. The minimum absolute atomic E-state index is 0. The summed E-state index contributed by atoms with van der Waals surface area (Å²) in [5.74, 6) is 3.44. The van der Waals surface area contributed by atoms with E-state index in [1.807, 2.05) is 21.9 Å². The topological polar surface area (TPSA) is 90.5 Å². The summed E-state index contributed by atoms with van der Waals surface area (Å²) < 4.78 is 22.6. The Balaban J connectivity index is 0.000000211. The molecule has 0 unspecified atom stereocenters. The van der Waals surface area contributed by atoms with Crippen LogP contribution in [0, 0.1) is 27.7 Å². The maximum atomic E-state index is 13.8. The molecule has 0 radical (unpaired) electrons. The van der Waals surface area contributed by atoms with Crippen LogP contribution in [0.2, 0.25) is 0 Å². The van der Waals surface area contributed by atoms with Crippen LogP contribution in [-0.4, -0.2) is 120 Å². The van der Waals surface area contributed by atoms with E-state index >= 15 is 0 Å². The van der Waals surface area contributed by atoms with Gasteiger partial charge in [0.2, 0.25) is 0 Å². The van der Waals surface area contributed by atoms with E-state index in [1.54, 1.807) is 28.4 Å². The monoisotopic (exact) mass is 1050 g/mol. The molecular weight excluding hydrogens is 972 g/mol. The lowest BCUT2D eigenvalue weighted by atomic mass is 9.82. The first kappa shape index (κ1) is 56.3. The molecule has 12 nitrogen and oxygen atoms in total. The van der Waals surface area contributed by atoms with Gasteiger partial charge in [-0.15, -0.1) is 24.8 Å². The van der Waals surface area contributed by atoms with Crippen LogP contribution < -0.4 is 18.9 Å². The highest BCUT2D eigenvalue weighted by Crippen LogP contribution is 2.51. The van der Waals surface area contributed by atoms with Gasteiger partial charge in [0.05, 0.1) is 52.6 Å². The smallest absolute Gasteiger partial charge is 0.325 e. The molecule has 0 N–H and O–H groups in total. The van der Waals surface area contributed by atoms with Gasteiger partial charge in [-0.1, -0.05) is 84.7 Å². The van der Waals surface area contributed by atoms with Crippen LogP contribution in [0.25, 0.3) is 0 Å². The summed E-state index contributed by atoms with van der Waals surface area (Å²) in [7, 11) is 6.76. The maximum absolute atomic E-state index is 13.8. The van der Waals surface area contributed by atoms with Crippen molar-refractivity contribution in [3.8, 4) is 23.0 Å². The summed E-state index contributed by atoms with van der Waals surface area (Å²) >= 11 is 0. The number of likely N-dealkylation sites (tertiary alicyclic amines) is 2. The fourth-order valence-electron chi connectivity index (χ4n) is 13.5. The van der Waals surface area contributed by atoms with E-state index in [-0.39, 0.29) is 59.8 Å². The van der Waals surface area contributed by atoms with E-state index in [1.165, 1.54) is 44.8 Å². The van der Waals surface area contributed by atoms with Gasteiger partial charge in [-0.3, -0.25) is 19.6 Å². The molecule has 0 bridgehead atoms. The second-order valence-corrected chi connectivity index (χ2v) is 21.3. The second-order valence-electron chi connectivity index (χ2n) is 21.3. The number of likely N-dealkylation sites (N-methyl/N-ethyl adjacent to an activating group) is 2. The molecule has 74 heavy (non-hydrogen) atoms. The van der Waals surface area contributed by atoms with Crippen molar-refractivity contribution in [2.75, 3.05) is 67.7 Å². The number of amides is 4. The molecule has 4 amide bonds. The third kappa shape index (κ3) is 10.3. The van der Waals surface area contributed by atoms with Gasteiger partial charge in [0.15, 0.2) is 0 Å². The van der Waals surface area contributed by atoms with Crippen LogP contribution in [0.3, 0.4) is 0 Å². The Morgan fingerprint density at radius 3 is 1.14 bits per heavy atom. The Labute approximate surface area is 453 Å². The minimum Gasteiger partial charge on any atom is -0.497 e. The molecule has 0 aliphatic carbocycles. The summed E-state index contributed by atoms with van der Waals surface area (Å²) in [5.41, 5.74) is 14.3. The number of nitrogens with zero attached hydrogens (tertiary/aromatic N) is 6. The fraction of sp³-hybridized carbons (Fsp3) is 0.500. The van der Waals surface area contributed by atoms with E-state index in [9.17, 15) is 9.59 Å². The average Bonchev–Trinajstić information content (AvgIpc) is 3.50. The van der Waals surface area contributed by atoms with E-state index in [2.05, 4.69) is 136 Å². The van der Waals surface area contributed by atoms with Gasteiger partial charge in [0.1, 0.15) is 23.0 Å². The molecule has 2 spiro atoms. The first-order valence-corrected chi connectivity index (χ1v) is 26.3. The number of methoxy groups -OCH3 is 4. The molecule has 4 saturated heterocycles. The normalized spacial score (nSPS) is 20.6. The van der Waals surface area contributed by atoms with Gasteiger partial charge in [0, 0.05) is 98.8 Å². The number of carbonyl (C=O) groups is 2. The number of halogens is 2. The Kier molecular flexibility index (Phi) is 17.4. The zero-order valence-corrected chi connectivity index (χ0v) is 47.6. The van der Waals surface area contributed by atoms with Crippen LogP contribution in [0.5, 0.6) is 23.0 Å². The van der Waals surface area contributed by atoms with Gasteiger partial charge in [-0.05, 0) is 102 Å². The van der Waals surface area contributed by atoms with Crippen LogP contribution in [0.15, 0.2) is 84.2 Å². The molecule has 400 valence electrons. The van der Waals surface area contributed by atoms with Gasteiger partial charge in [-0.25, -0.2) is 9.59 Å². The van der Waals surface area contributed by atoms with E-state index in [0.717, 1.165) is 110 Å². The SMILES string of the molecule is CCN1C(=O)N2Cc3cc(OC)cc(OC)c3[C@@H](C)C=C2C12CCN(Cc1cc(C)cc(C)c1)CC2.CCN1C(=O)N2Cc3cc(OC)cc(OC)c3[C@@H](C)C=C2C12CCN(Cc1cc(C)cc(C)c1)CC2.Cl.Cl. The molecule has 2 atom stereocenters. The molecule has 0 saturated carbocycles. The number of hydrogen-bond donors (Lipinski definition) is 0. The predicted octanol–water partition coefficient (Wildman–Crippen LogP) is 12.1.